The standard InChI is InChI=1S/C15H13FO3S/c1-12-2-8-15(9-3-12)20(17,18)19-11-10-13-4-6-14(16)7-5-13/h2-11H,1H3/b11-10+. The Morgan fingerprint density at radius 1 is 1.00 bits per heavy atom. The second-order valence-electron chi connectivity index (χ2n) is 4.22. The van der Waals surface area contributed by atoms with Gasteiger partial charge in [-0.05, 0) is 42.8 Å². The Morgan fingerprint density at radius 3 is 2.20 bits per heavy atom. The normalized spacial score (nSPS) is 11.7. The Balaban J connectivity index is 2.09. The van der Waals surface area contributed by atoms with E-state index in [-0.39, 0.29) is 10.7 Å². The lowest BCUT2D eigenvalue weighted by Gasteiger charge is -2.03. The molecule has 3 nitrogen and oxygen atoms in total. The van der Waals surface area contributed by atoms with Gasteiger partial charge in [0.15, 0.2) is 0 Å². The lowest BCUT2D eigenvalue weighted by molar-refractivity contribution is 0.445. The van der Waals surface area contributed by atoms with Gasteiger partial charge in [0.1, 0.15) is 17.0 Å². The van der Waals surface area contributed by atoms with Crippen LogP contribution in [0.15, 0.2) is 59.7 Å². The highest BCUT2D eigenvalue weighted by molar-refractivity contribution is 7.86. The molecule has 0 atom stereocenters. The molecule has 0 saturated carbocycles. The average Bonchev–Trinajstić information content (AvgIpc) is 2.41. The van der Waals surface area contributed by atoms with Gasteiger partial charge in [0.2, 0.25) is 0 Å². The molecule has 0 aliphatic heterocycles. The van der Waals surface area contributed by atoms with Crippen molar-refractivity contribution in [2.45, 2.75) is 11.8 Å². The fourth-order valence-corrected chi connectivity index (χ4v) is 2.30. The predicted molar refractivity (Wildman–Crippen MR) is 74.9 cm³/mol. The monoisotopic (exact) mass is 292 g/mol. The summed E-state index contributed by atoms with van der Waals surface area (Å²) in [6.45, 7) is 1.87. The zero-order valence-corrected chi connectivity index (χ0v) is 11.6. The van der Waals surface area contributed by atoms with Gasteiger partial charge in [-0.2, -0.15) is 8.42 Å². The smallest absolute Gasteiger partial charge is 0.338 e. The van der Waals surface area contributed by atoms with Crippen molar-refractivity contribution >= 4 is 16.2 Å². The molecule has 0 radical (unpaired) electrons. The SMILES string of the molecule is Cc1ccc(S(=O)(=O)O/C=C/c2ccc(F)cc2)cc1. The quantitative estimate of drug-likeness (QED) is 0.640. The molecule has 0 aromatic heterocycles. The molecule has 0 fully saturated rings. The summed E-state index contributed by atoms with van der Waals surface area (Å²) in [4.78, 5) is 0.0897. The number of hydrogen-bond acceptors (Lipinski definition) is 3. The van der Waals surface area contributed by atoms with E-state index in [1.165, 1.54) is 42.5 Å². The molecule has 104 valence electrons. The van der Waals surface area contributed by atoms with E-state index in [1.54, 1.807) is 12.1 Å². The molecular weight excluding hydrogens is 279 g/mol. The van der Waals surface area contributed by atoms with E-state index in [4.69, 9.17) is 4.18 Å². The summed E-state index contributed by atoms with van der Waals surface area (Å²) in [5.41, 5.74) is 1.61. The molecule has 5 heteroatoms. The van der Waals surface area contributed by atoms with Crippen LogP contribution in [0, 0.1) is 12.7 Å². The topological polar surface area (TPSA) is 43.4 Å². The largest absolute Gasteiger partial charge is 0.387 e. The van der Waals surface area contributed by atoms with Crippen molar-refractivity contribution in [3.8, 4) is 0 Å². The summed E-state index contributed by atoms with van der Waals surface area (Å²) in [6.07, 6.45) is 2.52. The minimum absolute atomic E-state index is 0.0897. The Labute approximate surface area is 117 Å². The third kappa shape index (κ3) is 3.68. The third-order valence-corrected chi connectivity index (χ3v) is 3.84. The molecule has 0 N–H and O–H groups in total. The summed E-state index contributed by atoms with van der Waals surface area (Å²) >= 11 is 0. The van der Waals surface area contributed by atoms with Crippen LogP contribution in [0.3, 0.4) is 0 Å². The third-order valence-electron chi connectivity index (χ3n) is 2.62. The van der Waals surface area contributed by atoms with Crippen LogP contribution in [0.25, 0.3) is 6.08 Å². The maximum atomic E-state index is 12.7. The highest BCUT2D eigenvalue weighted by Crippen LogP contribution is 2.14. The maximum Gasteiger partial charge on any atom is 0.338 e. The second kappa shape index (κ2) is 5.88. The van der Waals surface area contributed by atoms with Crippen molar-refractivity contribution in [3.63, 3.8) is 0 Å². The minimum Gasteiger partial charge on any atom is -0.387 e. The molecule has 0 saturated heterocycles. The van der Waals surface area contributed by atoms with Gasteiger partial charge in [-0.25, -0.2) is 4.39 Å². The van der Waals surface area contributed by atoms with Gasteiger partial charge in [-0.15, -0.1) is 0 Å². The van der Waals surface area contributed by atoms with Crippen LogP contribution in [-0.2, 0) is 14.3 Å². The fourth-order valence-electron chi connectivity index (χ4n) is 1.51. The van der Waals surface area contributed by atoms with Crippen molar-refractivity contribution < 1.29 is 17.0 Å². The van der Waals surface area contributed by atoms with Crippen molar-refractivity contribution in [1.82, 2.24) is 0 Å². The Morgan fingerprint density at radius 2 is 1.60 bits per heavy atom. The molecule has 2 aromatic rings. The van der Waals surface area contributed by atoms with Crippen LogP contribution in [0.1, 0.15) is 11.1 Å². The Hall–Kier alpha value is -2.14. The summed E-state index contributed by atoms with van der Waals surface area (Å²) in [5, 5.41) is 0. The minimum atomic E-state index is -3.82. The summed E-state index contributed by atoms with van der Waals surface area (Å²) in [6, 6.07) is 12.0. The van der Waals surface area contributed by atoms with Crippen LogP contribution in [0.5, 0.6) is 0 Å². The fraction of sp³-hybridized carbons (Fsp3) is 0.0667. The van der Waals surface area contributed by atoms with Crippen molar-refractivity contribution in [1.29, 1.82) is 0 Å². The second-order valence-corrected chi connectivity index (χ2v) is 5.79. The summed E-state index contributed by atoms with van der Waals surface area (Å²) in [5.74, 6) is -0.352. The van der Waals surface area contributed by atoms with E-state index in [0.717, 1.165) is 11.8 Å². The molecule has 0 bridgehead atoms. The number of rotatable bonds is 4. The van der Waals surface area contributed by atoms with E-state index >= 15 is 0 Å². The molecule has 0 aliphatic rings. The lowest BCUT2D eigenvalue weighted by Crippen LogP contribution is -2.01. The Kier molecular flexibility index (Phi) is 4.20. The van der Waals surface area contributed by atoms with E-state index < -0.39 is 10.1 Å². The zero-order valence-electron chi connectivity index (χ0n) is 10.8. The molecule has 0 unspecified atom stereocenters. The van der Waals surface area contributed by atoms with Crippen LogP contribution in [-0.4, -0.2) is 8.42 Å². The highest BCUT2D eigenvalue weighted by atomic mass is 32.2. The van der Waals surface area contributed by atoms with Gasteiger partial charge in [-0.1, -0.05) is 29.8 Å². The van der Waals surface area contributed by atoms with E-state index in [1.807, 2.05) is 6.92 Å². The zero-order chi connectivity index (χ0) is 14.6. The molecule has 2 aromatic carbocycles. The highest BCUT2D eigenvalue weighted by Gasteiger charge is 2.13. The summed E-state index contributed by atoms with van der Waals surface area (Å²) in [7, 11) is -3.82. The Bertz CT molecular complexity index is 702. The molecule has 2 rings (SSSR count). The predicted octanol–water partition coefficient (Wildman–Crippen LogP) is 3.51. The van der Waals surface area contributed by atoms with E-state index in [2.05, 4.69) is 0 Å². The molecule has 0 aliphatic carbocycles. The number of hydrogen-bond donors (Lipinski definition) is 0. The maximum absolute atomic E-state index is 12.7. The average molecular weight is 292 g/mol. The van der Waals surface area contributed by atoms with Gasteiger partial charge >= 0.3 is 10.1 Å². The number of benzene rings is 2. The van der Waals surface area contributed by atoms with Crippen molar-refractivity contribution in [3.05, 3.63) is 71.7 Å². The molecule has 0 spiro atoms. The lowest BCUT2D eigenvalue weighted by atomic mass is 10.2. The van der Waals surface area contributed by atoms with Gasteiger partial charge in [-0.3, -0.25) is 0 Å². The van der Waals surface area contributed by atoms with Gasteiger partial charge in [0.05, 0.1) is 0 Å². The van der Waals surface area contributed by atoms with Crippen LogP contribution < -0.4 is 0 Å². The van der Waals surface area contributed by atoms with E-state index in [0.29, 0.717) is 5.56 Å². The van der Waals surface area contributed by atoms with Gasteiger partial charge in [0.25, 0.3) is 0 Å². The molecular formula is C15H13FO3S. The van der Waals surface area contributed by atoms with Crippen LogP contribution in [0.2, 0.25) is 0 Å². The first-order valence-corrected chi connectivity index (χ1v) is 7.30. The van der Waals surface area contributed by atoms with Crippen molar-refractivity contribution in [2.24, 2.45) is 0 Å². The first kappa shape index (κ1) is 14.3. The number of halogens is 1. The molecule has 0 heterocycles. The first-order valence-electron chi connectivity index (χ1n) is 5.89. The van der Waals surface area contributed by atoms with Gasteiger partial charge in [0, 0.05) is 0 Å². The summed E-state index contributed by atoms with van der Waals surface area (Å²) < 4.78 is 41.2. The van der Waals surface area contributed by atoms with Crippen molar-refractivity contribution in [2.75, 3.05) is 0 Å². The van der Waals surface area contributed by atoms with Gasteiger partial charge < -0.3 is 4.18 Å². The first-order chi connectivity index (χ1) is 9.47. The molecule has 0 amide bonds. The van der Waals surface area contributed by atoms with Crippen LogP contribution >= 0.6 is 0 Å². The molecule has 20 heavy (non-hydrogen) atoms. The van der Waals surface area contributed by atoms with Crippen LogP contribution in [0.4, 0.5) is 4.39 Å². The number of aryl methyl sites for hydroxylation is 1. The van der Waals surface area contributed by atoms with E-state index in [9.17, 15) is 12.8 Å².